The first-order valence-electron chi connectivity index (χ1n) is 8.18. The van der Waals surface area contributed by atoms with Gasteiger partial charge in [0, 0.05) is 44.4 Å². The largest absolute Gasteiger partial charge is 0.419 e. The Bertz CT molecular complexity index is 708. The van der Waals surface area contributed by atoms with Gasteiger partial charge >= 0.3 is 11.9 Å². The van der Waals surface area contributed by atoms with Crippen LogP contribution in [0.15, 0.2) is 36.0 Å². The lowest BCUT2D eigenvalue weighted by Gasteiger charge is -2.29. The molecule has 7 nitrogen and oxygen atoms in total. The molecule has 0 unspecified atom stereocenters. The molecule has 1 amide bonds. The van der Waals surface area contributed by atoms with Gasteiger partial charge in [0.1, 0.15) is 0 Å². The maximum atomic E-state index is 12.3. The first-order valence-corrected chi connectivity index (χ1v) is 8.18. The number of cyclic esters (lactones) is 2. The zero-order valence-corrected chi connectivity index (χ0v) is 14.2. The van der Waals surface area contributed by atoms with Crippen LogP contribution in [0.3, 0.4) is 0 Å². The molecule has 0 atom stereocenters. The van der Waals surface area contributed by atoms with Gasteiger partial charge in [-0.2, -0.15) is 0 Å². The third-order valence-corrected chi connectivity index (χ3v) is 4.03. The average Bonchev–Trinajstić information content (AvgIpc) is 3.07. The highest BCUT2D eigenvalue weighted by Crippen LogP contribution is 2.23. The molecule has 25 heavy (non-hydrogen) atoms. The van der Waals surface area contributed by atoms with Crippen LogP contribution < -0.4 is 5.32 Å². The third kappa shape index (κ3) is 3.81. The molecule has 1 aromatic carbocycles. The van der Waals surface area contributed by atoms with E-state index in [9.17, 15) is 14.4 Å². The van der Waals surface area contributed by atoms with Gasteiger partial charge in [-0.15, -0.1) is 0 Å². The summed E-state index contributed by atoms with van der Waals surface area (Å²) in [5.74, 6) is -2.73. The van der Waals surface area contributed by atoms with Crippen molar-refractivity contribution in [2.75, 3.05) is 18.4 Å². The van der Waals surface area contributed by atoms with Crippen LogP contribution in [0, 0.1) is 0 Å². The van der Waals surface area contributed by atoms with E-state index in [1.807, 2.05) is 4.90 Å². The number of carbonyl (C=O) groups excluding carboxylic acids is 3. The molecule has 1 aromatic rings. The van der Waals surface area contributed by atoms with Gasteiger partial charge in [-0.25, -0.2) is 9.59 Å². The number of carbonyl (C=O) groups is 3. The lowest BCUT2D eigenvalue weighted by Crippen LogP contribution is -2.42. The van der Waals surface area contributed by atoms with Crippen LogP contribution in [0.5, 0.6) is 0 Å². The summed E-state index contributed by atoms with van der Waals surface area (Å²) in [5.41, 5.74) is 1.03. The Morgan fingerprint density at radius 2 is 1.64 bits per heavy atom. The van der Waals surface area contributed by atoms with E-state index in [1.165, 1.54) is 20.0 Å². The van der Waals surface area contributed by atoms with Crippen LogP contribution in [-0.2, 0) is 19.1 Å². The van der Waals surface area contributed by atoms with Crippen LogP contribution in [0.25, 0.3) is 0 Å². The number of benzene rings is 1. The SMILES string of the molecule is CC1(C)OC(=O)C(=CNc2ccc(C(=O)N3CCCC3)cc2)C(=O)O1. The van der Waals surface area contributed by atoms with Crippen molar-refractivity contribution < 1.29 is 23.9 Å². The molecule has 2 aliphatic rings. The fourth-order valence-corrected chi connectivity index (χ4v) is 2.75. The van der Waals surface area contributed by atoms with E-state index in [4.69, 9.17) is 9.47 Å². The predicted molar refractivity (Wildman–Crippen MR) is 89.5 cm³/mol. The molecular formula is C18H20N2O5. The maximum Gasteiger partial charge on any atom is 0.350 e. The second kappa shape index (κ2) is 6.58. The Hall–Kier alpha value is -2.83. The van der Waals surface area contributed by atoms with Crippen molar-refractivity contribution in [2.24, 2.45) is 0 Å². The Morgan fingerprint density at radius 3 is 2.20 bits per heavy atom. The molecule has 0 bridgehead atoms. The molecule has 2 aliphatic heterocycles. The third-order valence-electron chi connectivity index (χ3n) is 4.03. The smallest absolute Gasteiger partial charge is 0.350 e. The van der Waals surface area contributed by atoms with E-state index in [2.05, 4.69) is 5.32 Å². The number of likely N-dealkylation sites (tertiary alicyclic amines) is 1. The van der Waals surface area contributed by atoms with Gasteiger partial charge < -0.3 is 19.7 Å². The summed E-state index contributed by atoms with van der Waals surface area (Å²) in [4.78, 5) is 37.8. The highest BCUT2D eigenvalue weighted by atomic mass is 16.7. The summed E-state index contributed by atoms with van der Waals surface area (Å²) < 4.78 is 10.0. The quantitative estimate of drug-likeness (QED) is 0.513. The van der Waals surface area contributed by atoms with E-state index < -0.39 is 17.7 Å². The molecule has 0 saturated carbocycles. The maximum absolute atomic E-state index is 12.3. The van der Waals surface area contributed by atoms with E-state index in [0.717, 1.165) is 25.9 Å². The normalized spacial score (nSPS) is 19.3. The molecular weight excluding hydrogens is 324 g/mol. The van der Waals surface area contributed by atoms with Crippen molar-refractivity contribution in [1.29, 1.82) is 0 Å². The molecule has 2 heterocycles. The van der Waals surface area contributed by atoms with Gasteiger partial charge in [0.2, 0.25) is 0 Å². The molecule has 3 rings (SSSR count). The Balaban J connectivity index is 1.66. The number of ether oxygens (including phenoxy) is 2. The van der Waals surface area contributed by atoms with Crippen molar-refractivity contribution in [2.45, 2.75) is 32.5 Å². The van der Waals surface area contributed by atoms with Crippen LogP contribution >= 0.6 is 0 Å². The van der Waals surface area contributed by atoms with Gasteiger partial charge in [0.05, 0.1) is 0 Å². The second-order valence-electron chi connectivity index (χ2n) is 6.46. The van der Waals surface area contributed by atoms with Gasteiger partial charge in [0.25, 0.3) is 11.7 Å². The lowest BCUT2D eigenvalue weighted by molar-refractivity contribution is -0.222. The Labute approximate surface area is 145 Å². The van der Waals surface area contributed by atoms with Crippen molar-refractivity contribution in [1.82, 2.24) is 4.90 Å². The molecule has 7 heteroatoms. The van der Waals surface area contributed by atoms with Crippen LogP contribution in [0.2, 0.25) is 0 Å². The fourth-order valence-electron chi connectivity index (χ4n) is 2.75. The van der Waals surface area contributed by atoms with E-state index in [1.54, 1.807) is 24.3 Å². The molecule has 1 N–H and O–H groups in total. The first-order chi connectivity index (χ1) is 11.9. The minimum Gasteiger partial charge on any atom is -0.419 e. The van der Waals surface area contributed by atoms with Gasteiger partial charge in [-0.1, -0.05) is 0 Å². The fraction of sp³-hybridized carbons (Fsp3) is 0.389. The number of esters is 2. The van der Waals surface area contributed by atoms with Crippen molar-refractivity contribution >= 4 is 23.5 Å². The zero-order chi connectivity index (χ0) is 18.0. The van der Waals surface area contributed by atoms with Crippen molar-refractivity contribution in [3.05, 3.63) is 41.6 Å². The molecule has 2 saturated heterocycles. The monoisotopic (exact) mass is 344 g/mol. The topological polar surface area (TPSA) is 84.9 Å². The van der Waals surface area contributed by atoms with Crippen LogP contribution in [-0.4, -0.2) is 41.6 Å². The summed E-state index contributed by atoms with van der Waals surface area (Å²) in [6, 6.07) is 6.85. The van der Waals surface area contributed by atoms with Crippen molar-refractivity contribution in [3.8, 4) is 0 Å². The number of hydrogen-bond donors (Lipinski definition) is 1. The Kier molecular flexibility index (Phi) is 4.48. The first kappa shape index (κ1) is 17.0. The lowest BCUT2D eigenvalue weighted by atomic mass is 10.2. The van der Waals surface area contributed by atoms with E-state index >= 15 is 0 Å². The van der Waals surface area contributed by atoms with E-state index in [-0.39, 0.29) is 11.5 Å². The highest BCUT2D eigenvalue weighted by Gasteiger charge is 2.38. The van der Waals surface area contributed by atoms with Crippen LogP contribution in [0.4, 0.5) is 5.69 Å². The number of nitrogens with one attached hydrogen (secondary N) is 1. The summed E-state index contributed by atoms with van der Waals surface area (Å²) in [5, 5.41) is 2.85. The molecule has 0 spiro atoms. The molecule has 0 radical (unpaired) electrons. The predicted octanol–water partition coefficient (Wildman–Crippen LogP) is 2.05. The van der Waals surface area contributed by atoms with E-state index in [0.29, 0.717) is 11.3 Å². The van der Waals surface area contributed by atoms with Gasteiger partial charge in [-0.05, 0) is 37.1 Å². The summed E-state index contributed by atoms with van der Waals surface area (Å²) >= 11 is 0. The van der Waals surface area contributed by atoms with Gasteiger partial charge in [0.15, 0.2) is 5.57 Å². The Morgan fingerprint density at radius 1 is 1.08 bits per heavy atom. The average molecular weight is 344 g/mol. The minimum absolute atomic E-state index is 0.0177. The van der Waals surface area contributed by atoms with Crippen LogP contribution in [0.1, 0.15) is 37.0 Å². The molecule has 0 aliphatic carbocycles. The standard InChI is InChI=1S/C18H20N2O5/c1-18(2)24-16(22)14(17(23)25-18)11-19-13-7-5-12(6-8-13)15(21)20-9-3-4-10-20/h5-8,11,19H,3-4,9-10H2,1-2H3. The number of hydrogen-bond acceptors (Lipinski definition) is 6. The number of amides is 1. The summed E-state index contributed by atoms with van der Waals surface area (Å²) in [7, 11) is 0. The number of anilines is 1. The van der Waals surface area contributed by atoms with Crippen molar-refractivity contribution in [3.63, 3.8) is 0 Å². The molecule has 0 aromatic heterocycles. The summed E-state index contributed by atoms with van der Waals surface area (Å²) in [6.07, 6.45) is 3.33. The van der Waals surface area contributed by atoms with Gasteiger partial charge in [-0.3, -0.25) is 4.79 Å². The molecule has 132 valence electrons. The minimum atomic E-state index is -1.26. The highest BCUT2D eigenvalue weighted by molar-refractivity contribution is 6.15. The zero-order valence-electron chi connectivity index (χ0n) is 14.2. The second-order valence-corrected chi connectivity index (χ2v) is 6.46. The number of rotatable bonds is 3. The number of nitrogens with zero attached hydrogens (tertiary/aromatic N) is 1. The summed E-state index contributed by atoms with van der Waals surface area (Å²) in [6.45, 7) is 4.57. The molecule has 2 fully saturated rings.